The van der Waals surface area contributed by atoms with E-state index in [-0.39, 0.29) is 5.41 Å². The van der Waals surface area contributed by atoms with Crippen molar-refractivity contribution >= 4 is 11.0 Å². The molecule has 0 unspecified atom stereocenters. The molecule has 0 saturated carbocycles. The molecule has 3 heterocycles. The summed E-state index contributed by atoms with van der Waals surface area (Å²) in [5, 5.41) is 11.4. The number of aryl methyl sites for hydroxylation is 2. The number of aromatic amines is 2. The van der Waals surface area contributed by atoms with Crippen LogP contribution in [0.15, 0.2) is 24.5 Å². The van der Waals surface area contributed by atoms with E-state index < -0.39 is 0 Å². The summed E-state index contributed by atoms with van der Waals surface area (Å²) in [6.07, 6.45) is 3.29. The molecule has 0 aliphatic rings. The Bertz CT molecular complexity index is 1030. The number of imidazole rings is 1. The maximum absolute atomic E-state index is 4.71. The van der Waals surface area contributed by atoms with Crippen molar-refractivity contribution in [1.82, 2.24) is 39.9 Å². The molecule has 26 heavy (non-hydrogen) atoms. The number of hydrogen-bond donors (Lipinski definition) is 2. The highest BCUT2D eigenvalue weighted by Crippen LogP contribution is 2.24. The molecule has 0 radical (unpaired) electrons. The predicted molar refractivity (Wildman–Crippen MR) is 98.9 cm³/mol. The summed E-state index contributed by atoms with van der Waals surface area (Å²) in [6, 6.07) is 6.06. The van der Waals surface area contributed by atoms with Gasteiger partial charge in [0.15, 0.2) is 5.82 Å². The third-order valence-electron chi connectivity index (χ3n) is 4.23. The number of nitrogens with one attached hydrogen (secondary N) is 2. The van der Waals surface area contributed by atoms with Crippen LogP contribution in [0.5, 0.6) is 0 Å². The molecule has 8 heteroatoms. The van der Waals surface area contributed by atoms with Gasteiger partial charge in [0.05, 0.1) is 16.7 Å². The second-order valence-electron chi connectivity index (χ2n) is 7.68. The normalized spacial score (nSPS) is 12.2. The van der Waals surface area contributed by atoms with Crippen LogP contribution >= 0.6 is 0 Å². The van der Waals surface area contributed by atoms with E-state index in [0.29, 0.717) is 11.6 Å². The lowest BCUT2D eigenvalue weighted by atomic mass is 9.90. The Morgan fingerprint density at radius 3 is 2.73 bits per heavy atom. The van der Waals surface area contributed by atoms with Crippen LogP contribution in [0.1, 0.15) is 38.8 Å². The van der Waals surface area contributed by atoms with Crippen molar-refractivity contribution in [3.8, 4) is 17.3 Å². The first kappa shape index (κ1) is 16.4. The minimum Gasteiger partial charge on any atom is -0.342 e. The summed E-state index contributed by atoms with van der Waals surface area (Å²) in [4.78, 5) is 16.6. The molecule has 8 nitrogen and oxygen atoms in total. The fraction of sp³-hybridized carbons (Fsp3) is 0.389. The number of fused-ring (bicyclic) bond motifs is 1. The molecule has 4 rings (SSSR count). The van der Waals surface area contributed by atoms with Gasteiger partial charge < -0.3 is 4.98 Å². The van der Waals surface area contributed by atoms with Crippen molar-refractivity contribution in [2.24, 2.45) is 5.41 Å². The highest BCUT2D eigenvalue weighted by atomic mass is 15.4. The second kappa shape index (κ2) is 6.05. The Kier molecular flexibility index (Phi) is 3.82. The van der Waals surface area contributed by atoms with Gasteiger partial charge in [-0.3, -0.25) is 5.10 Å². The van der Waals surface area contributed by atoms with E-state index in [9.17, 15) is 0 Å². The molecular weight excluding hydrogens is 328 g/mol. The largest absolute Gasteiger partial charge is 0.342 e. The van der Waals surface area contributed by atoms with Crippen LogP contribution in [0.25, 0.3) is 28.4 Å². The van der Waals surface area contributed by atoms with Crippen molar-refractivity contribution in [2.45, 2.75) is 40.5 Å². The summed E-state index contributed by atoms with van der Waals surface area (Å²) in [7, 11) is 0. The Balaban J connectivity index is 1.78. The van der Waals surface area contributed by atoms with E-state index in [1.807, 2.05) is 23.7 Å². The number of aromatic nitrogens is 8. The second-order valence-corrected chi connectivity index (χ2v) is 7.68. The van der Waals surface area contributed by atoms with Crippen LogP contribution in [0.2, 0.25) is 0 Å². The molecule has 0 amide bonds. The van der Waals surface area contributed by atoms with Gasteiger partial charge in [-0.05, 0) is 37.0 Å². The van der Waals surface area contributed by atoms with Gasteiger partial charge in [0.25, 0.3) is 0 Å². The summed E-state index contributed by atoms with van der Waals surface area (Å²) < 4.78 is 1.89. The van der Waals surface area contributed by atoms with E-state index in [1.165, 1.54) is 6.33 Å². The Morgan fingerprint density at radius 1 is 1.15 bits per heavy atom. The summed E-state index contributed by atoms with van der Waals surface area (Å²) in [6.45, 7) is 8.63. The average molecular weight is 350 g/mol. The fourth-order valence-electron chi connectivity index (χ4n) is 2.87. The topological polar surface area (TPSA) is 101 Å². The molecule has 1 aromatic carbocycles. The van der Waals surface area contributed by atoms with Gasteiger partial charge in [0.1, 0.15) is 18.0 Å². The predicted octanol–water partition coefficient (Wildman–Crippen LogP) is 3.22. The molecule has 0 aliphatic carbocycles. The van der Waals surface area contributed by atoms with Gasteiger partial charge in [-0.15, -0.1) is 5.10 Å². The number of hydrogen-bond acceptors (Lipinski definition) is 5. The molecule has 0 fully saturated rings. The van der Waals surface area contributed by atoms with Crippen LogP contribution in [-0.2, 0) is 6.42 Å². The van der Waals surface area contributed by atoms with Crippen molar-refractivity contribution in [3.63, 3.8) is 0 Å². The maximum atomic E-state index is 4.71. The van der Waals surface area contributed by atoms with E-state index in [1.54, 1.807) is 0 Å². The highest BCUT2D eigenvalue weighted by Gasteiger charge is 2.18. The van der Waals surface area contributed by atoms with Crippen molar-refractivity contribution in [1.29, 1.82) is 0 Å². The Hall–Kier alpha value is -3.03. The number of H-pyrrole nitrogens is 2. The number of nitrogens with zero attached hydrogens (tertiary/aromatic N) is 6. The van der Waals surface area contributed by atoms with Crippen LogP contribution in [0.4, 0.5) is 0 Å². The molecule has 4 aromatic rings. The molecule has 134 valence electrons. The van der Waals surface area contributed by atoms with Crippen molar-refractivity contribution < 1.29 is 0 Å². The van der Waals surface area contributed by atoms with Crippen LogP contribution in [-0.4, -0.2) is 39.9 Å². The molecule has 0 spiro atoms. The first-order valence-corrected chi connectivity index (χ1v) is 8.67. The summed E-state index contributed by atoms with van der Waals surface area (Å²) >= 11 is 0. The number of rotatable bonds is 4. The molecule has 0 aliphatic heterocycles. The smallest absolute Gasteiger partial charge is 0.219 e. The first-order valence-electron chi connectivity index (χ1n) is 8.67. The third kappa shape index (κ3) is 3.22. The fourth-order valence-corrected chi connectivity index (χ4v) is 2.87. The summed E-state index contributed by atoms with van der Waals surface area (Å²) in [5.41, 5.74) is 3.09. The minimum atomic E-state index is 0.216. The Labute approximate surface area is 151 Å². The van der Waals surface area contributed by atoms with Gasteiger partial charge in [0, 0.05) is 6.42 Å². The minimum absolute atomic E-state index is 0.216. The van der Waals surface area contributed by atoms with Crippen molar-refractivity contribution in [2.75, 3.05) is 0 Å². The van der Waals surface area contributed by atoms with E-state index in [2.05, 4.69) is 57.1 Å². The molecular formula is C18H22N8. The monoisotopic (exact) mass is 350 g/mol. The Morgan fingerprint density at radius 2 is 2.00 bits per heavy atom. The standard InChI is InChI=1S/C18H22N8/c1-11-21-13-6-5-12(9-14(13)22-11)26-15(7-8-18(2,3)4)23-17(25-26)16-19-10-20-24-16/h5-6,9-10H,7-8H2,1-4H3,(H,21,22)(H,19,20,24). The zero-order valence-corrected chi connectivity index (χ0v) is 15.4. The zero-order valence-electron chi connectivity index (χ0n) is 15.4. The van der Waals surface area contributed by atoms with Crippen LogP contribution in [0, 0.1) is 12.3 Å². The van der Waals surface area contributed by atoms with Gasteiger partial charge in [-0.25, -0.2) is 19.6 Å². The number of benzene rings is 1. The highest BCUT2D eigenvalue weighted by molar-refractivity contribution is 5.77. The lowest BCUT2D eigenvalue weighted by molar-refractivity contribution is 0.373. The van der Waals surface area contributed by atoms with Crippen LogP contribution in [0.3, 0.4) is 0 Å². The summed E-state index contributed by atoms with van der Waals surface area (Å²) in [5.74, 6) is 2.92. The first-order chi connectivity index (χ1) is 12.4. The van der Waals surface area contributed by atoms with Crippen molar-refractivity contribution in [3.05, 3.63) is 36.2 Å². The SMILES string of the molecule is Cc1nc2ccc(-n3nc(-c4ncn[nH]4)nc3CCC(C)(C)C)cc2[nH]1. The van der Waals surface area contributed by atoms with E-state index >= 15 is 0 Å². The van der Waals surface area contributed by atoms with Gasteiger partial charge in [0.2, 0.25) is 5.82 Å². The molecule has 2 N–H and O–H groups in total. The van der Waals surface area contributed by atoms with Gasteiger partial charge in [-0.1, -0.05) is 20.8 Å². The quantitative estimate of drug-likeness (QED) is 0.588. The molecule has 0 saturated heterocycles. The lowest BCUT2D eigenvalue weighted by Crippen LogP contribution is -2.10. The molecule has 3 aromatic heterocycles. The molecule has 0 bridgehead atoms. The van der Waals surface area contributed by atoms with E-state index in [0.717, 1.165) is 41.2 Å². The maximum Gasteiger partial charge on any atom is 0.219 e. The van der Waals surface area contributed by atoms with E-state index in [4.69, 9.17) is 4.98 Å². The van der Waals surface area contributed by atoms with Crippen LogP contribution < -0.4 is 0 Å². The third-order valence-corrected chi connectivity index (χ3v) is 4.23. The average Bonchev–Trinajstić information content (AvgIpc) is 3.29. The van der Waals surface area contributed by atoms with Gasteiger partial charge >= 0.3 is 0 Å². The zero-order chi connectivity index (χ0) is 18.3. The van der Waals surface area contributed by atoms with Gasteiger partial charge in [-0.2, -0.15) is 5.10 Å². The lowest BCUT2D eigenvalue weighted by Gasteiger charge is -2.17. The molecule has 0 atom stereocenters.